The van der Waals surface area contributed by atoms with E-state index >= 15 is 0 Å². The Morgan fingerprint density at radius 2 is 2.18 bits per heavy atom. The molecule has 0 bridgehead atoms. The maximum absolute atomic E-state index is 12.9. The summed E-state index contributed by atoms with van der Waals surface area (Å²) in [6, 6.07) is 7.13. The van der Waals surface area contributed by atoms with Gasteiger partial charge in [0.2, 0.25) is 11.7 Å². The van der Waals surface area contributed by atoms with E-state index in [9.17, 15) is 9.59 Å². The number of carbonyl (C=O) groups excluding carboxylic acids is 2. The first kappa shape index (κ1) is 17.5. The molecule has 8 heteroatoms. The van der Waals surface area contributed by atoms with Gasteiger partial charge >= 0.3 is 5.97 Å². The van der Waals surface area contributed by atoms with Gasteiger partial charge in [0, 0.05) is 29.5 Å². The average Bonchev–Trinajstić information content (AvgIpc) is 3.24. The highest BCUT2D eigenvalue weighted by Crippen LogP contribution is 2.30. The molecule has 0 unspecified atom stereocenters. The van der Waals surface area contributed by atoms with Crippen molar-refractivity contribution in [2.45, 2.75) is 6.92 Å². The van der Waals surface area contributed by atoms with Crippen LogP contribution in [0.3, 0.4) is 0 Å². The maximum Gasteiger partial charge on any atom is 0.347 e. The Morgan fingerprint density at radius 3 is 2.96 bits per heavy atom. The Balaban J connectivity index is 1.70. The zero-order chi connectivity index (χ0) is 19.5. The number of esters is 1. The van der Waals surface area contributed by atoms with Gasteiger partial charge < -0.3 is 19.8 Å². The highest BCUT2D eigenvalue weighted by atomic mass is 16.5. The van der Waals surface area contributed by atoms with Crippen molar-refractivity contribution in [3.63, 3.8) is 0 Å². The van der Waals surface area contributed by atoms with Crippen LogP contribution in [0.5, 0.6) is 0 Å². The largest absolute Gasteiger partial charge is 0.462 e. The zero-order valence-corrected chi connectivity index (χ0v) is 14.9. The van der Waals surface area contributed by atoms with Crippen LogP contribution in [-0.2, 0) is 19.1 Å². The molecule has 0 saturated carbocycles. The molecular weight excluding hydrogens is 360 g/mol. The summed E-state index contributed by atoms with van der Waals surface area (Å²) in [4.78, 5) is 36.4. The number of anilines is 1. The summed E-state index contributed by atoms with van der Waals surface area (Å²) in [7, 11) is 0. The van der Waals surface area contributed by atoms with E-state index in [1.807, 2.05) is 6.07 Å². The first-order valence-electron chi connectivity index (χ1n) is 8.62. The molecule has 0 aliphatic carbocycles. The Labute approximate surface area is 159 Å². The lowest BCUT2D eigenvalue weighted by atomic mass is 10.1. The number of aromatic amines is 1. The first-order chi connectivity index (χ1) is 13.7. The molecule has 3 aromatic heterocycles. The van der Waals surface area contributed by atoms with E-state index in [1.54, 1.807) is 56.0 Å². The number of aromatic nitrogens is 3. The lowest BCUT2D eigenvalue weighted by Gasteiger charge is -2.08. The fourth-order valence-electron chi connectivity index (χ4n) is 2.81. The molecule has 0 atom stereocenters. The number of fused-ring (bicyclic) bond motifs is 1. The number of Topliss-reactive ketones (excluding diaryl/α,β-unsaturated/α-hetero) is 1. The van der Waals surface area contributed by atoms with Crippen molar-refractivity contribution >= 4 is 34.5 Å². The summed E-state index contributed by atoms with van der Waals surface area (Å²) in [6.07, 6.45) is 8.13. The molecule has 0 saturated heterocycles. The number of rotatable bonds is 5. The molecule has 0 aromatic carbocycles. The van der Waals surface area contributed by atoms with Crippen molar-refractivity contribution in [1.29, 1.82) is 0 Å². The fraction of sp³-hybridized carbons (Fsp3) is 0.100. The lowest BCUT2D eigenvalue weighted by Crippen LogP contribution is -2.16. The van der Waals surface area contributed by atoms with Gasteiger partial charge in [0.15, 0.2) is 11.3 Å². The number of allylic oxidation sites excluding steroid dienone is 1. The second-order valence-corrected chi connectivity index (χ2v) is 5.87. The lowest BCUT2D eigenvalue weighted by molar-refractivity contribution is -0.139. The summed E-state index contributed by atoms with van der Waals surface area (Å²) >= 11 is 0. The molecular formula is C20H16N4O4. The van der Waals surface area contributed by atoms with Gasteiger partial charge in [-0.05, 0) is 37.3 Å². The molecule has 0 fully saturated rings. The SMILES string of the molecule is CCOC(=O)C1=C(Nc2cccnc2)OC(=Cc2c[nH]c3ncccc23)C1=O. The summed E-state index contributed by atoms with van der Waals surface area (Å²) < 4.78 is 10.7. The number of H-pyrrole nitrogens is 1. The van der Waals surface area contributed by atoms with Crippen LogP contribution in [0.1, 0.15) is 12.5 Å². The predicted molar refractivity (Wildman–Crippen MR) is 102 cm³/mol. The van der Waals surface area contributed by atoms with Crippen molar-refractivity contribution in [2.75, 3.05) is 11.9 Å². The highest BCUT2D eigenvalue weighted by molar-refractivity contribution is 6.26. The molecule has 140 valence electrons. The summed E-state index contributed by atoms with van der Waals surface area (Å²) in [6.45, 7) is 1.81. The van der Waals surface area contributed by atoms with E-state index in [4.69, 9.17) is 9.47 Å². The fourth-order valence-corrected chi connectivity index (χ4v) is 2.81. The van der Waals surface area contributed by atoms with Gasteiger partial charge in [-0.15, -0.1) is 0 Å². The molecule has 1 aliphatic heterocycles. The quantitative estimate of drug-likeness (QED) is 0.401. The van der Waals surface area contributed by atoms with Crippen molar-refractivity contribution in [3.05, 3.63) is 71.8 Å². The molecule has 4 rings (SSSR count). The van der Waals surface area contributed by atoms with E-state index < -0.39 is 11.8 Å². The maximum atomic E-state index is 12.9. The second kappa shape index (κ2) is 7.36. The minimum atomic E-state index is -0.747. The van der Waals surface area contributed by atoms with E-state index in [0.717, 1.165) is 10.9 Å². The first-order valence-corrected chi connectivity index (χ1v) is 8.62. The van der Waals surface area contributed by atoms with Gasteiger partial charge in [0.1, 0.15) is 5.65 Å². The molecule has 2 N–H and O–H groups in total. The van der Waals surface area contributed by atoms with Crippen LogP contribution in [0.25, 0.3) is 17.1 Å². The minimum Gasteiger partial charge on any atom is -0.462 e. The number of hydrogen-bond acceptors (Lipinski definition) is 7. The van der Waals surface area contributed by atoms with Gasteiger partial charge in [-0.3, -0.25) is 9.78 Å². The third-order valence-electron chi connectivity index (χ3n) is 4.06. The molecule has 3 aromatic rings. The van der Waals surface area contributed by atoms with Crippen molar-refractivity contribution in [2.24, 2.45) is 0 Å². The molecule has 28 heavy (non-hydrogen) atoms. The number of pyridine rings is 2. The summed E-state index contributed by atoms with van der Waals surface area (Å²) in [5, 5.41) is 3.75. The van der Waals surface area contributed by atoms with Crippen LogP contribution in [0.2, 0.25) is 0 Å². The average molecular weight is 376 g/mol. The topological polar surface area (TPSA) is 106 Å². The van der Waals surface area contributed by atoms with Crippen LogP contribution in [0, 0.1) is 0 Å². The van der Waals surface area contributed by atoms with Crippen LogP contribution < -0.4 is 5.32 Å². The van der Waals surface area contributed by atoms with Gasteiger partial charge in [-0.1, -0.05) is 0 Å². The normalized spacial score (nSPS) is 15.2. The van der Waals surface area contributed by atoms with Crippen LogP contribution >= 0.6 is 0 Å². The number of nitrogens with zero attached hydrogens (tertiary/aromatic N) is 2. The standard InChI is InChI=1S/C20H16N4O4/c1-2-27-20(26)16-17(25)15(28-19(16)24-13-5-3-7-21-11-13)9-12-10-23-18-14(12)6-4-8-22-18/h3-11,24H,2H2,1H3,(H,22,23). The minimum absolute atomic E-state index is 0.0131. The van der Waals surface area contributed by atoms with Gasteiger partial charge in [-0.25, -0.2) is 9.78 Å². The van der Waals surface area contributed by atoms with Crippen molar-refractivity contribution in [1.82, 2.24) is 15.0 Å². The smallest absolute Gasteiger partial charge is 0.347 e. The van der Waals surface area contributed by atoms with Crippen LogP contribution in [-0.4, -0.2) is 33.3 Å². The van der Waals surface area contributed by atoms with E-state index in [2.05, 4.69) is 20.3 Å². The third kappa shape index (κ3) is 3.23. The van der Waals surface area contributed by atoms with Gasteiger partial charge in [0.25, 0.3) is 0 Å². The molecule has 0 amide bonds. The molecule has 1 aliphatic rings. The number of carbonyl (C=O) groups is 2. The van der Waals surface area contributed by atoms with Crippen molar-refractivity contribution in [3.8, 4) is 0 Å². The Morgan fingerprint density at radius 1 is 1.32 bits per heavy atom. The number of ether oxygens (including phenoxy) is 2. The Hall–Kier alpha value is -3.94. The molecule has 4 heterocycles. The van der Waals surface area contributed by atoms with E-state index in [-0.39, 0.29) is 23.8 Å². The third-order valence-corrected chi connectivity index (χ3v) is 4.06. The number of hydrogen-bond donors (Lipinski definition) is 2. The Kier molecular flexibility index (Phi) is 4.59. The molecule has 0 radical (unpaired) electrons. The zero-order valence-electron chi connectivity index (χ0n) is 14.9. The summed E-state index contributed by atoms with van der Waals surface area (Å²) in [5.41, 5.74) is 1.80. The molecule has 8 nitrogen and oxygen atoms in total. The Bertz CT molecular complexity index is 1120. The predicted octanol–water partition coefficient (Wildman–Crippen LogP) is 2.78. The van der Waals surface area contributed by atoms with E-state index in [0.29, 0.717) is 11.3 Å². The van der Waals surface area contributed by atoms with Crippen molar-refractivity contribution < 1.29 is 19.1 Å². The summed E-state index contributed by atoms with van der Waals surface area (Å²) in [5.74, 6) is -1.27. The monoisotopic (exact) mass is 376 g/mol. The van der Waals surface area contributed by atoms with Crippen LogP contribution in [0.15, 0.2) is 66.3 Å². The number of nitrogens with one attached hydrogen (secondary N) is 2. The van der Waals surface area contributed by atoms with E-state index in [1.165, 1.54) is 0 Å². The van der Waals surface area contributed by atoms with Crippen LogP contribution in [0.4, 0.5) is 5.69 Å². The highest BCUT2D eigenvalue weighted by Gasteiger charge is 2.37. The van der Waals surface area contributed by atoms with Gasteiger partial charge in [-0.2, -0.15) is 0 Å². The number of ketones is 1. The molecule has 0 spiro atoms. The second-order valence-electron chi connectivity index (χ2n) is 5.87. The van der Waals surface area contributed by atoms with Gasteiger partial charge in [0.05, 0.1) is 18.5 Å².